The lowest BCUT2D eigenvalue weighted by molar-refractivity contribution is -0.136. The molecule has 0 aromatic heterocycles. The minimum absolute atomic E-state index is 0.00560. The van der Waals surface area contributed by atoms with Crippen molar-refractivity contribution in [3.63, 3.8) is 0 Å². The monoisotopic (exact) mass is 391 g/mol. The van der Waals surface area contributed by atoms with Gasteiger partial charge in [0.2, 0.25) is 0 Å². The molecule has 1 amide bonds. The van der Waals surface area contributed by atoms with Crippen LogP contribution in [0.15, 0.2) is 66.7 Å². The highest BCUT2D eigenvalue weighted by molar-refractivity contribution is 5.85. The fraction of sp³-hybridized carbons (Fsp3) is 0.130. The normalized spacial score (nSPS) is 12.2. The van der Waals surface area contributed by atoms with Crippen LogP contribution in [0.25, 0.3) is 11.1 Å². The Bertz CT molecular complexity index is 1050. The lowest BCUT2D eigenvalue weighted by Crippen LogP contribution is -2.18. The third kappa shape index (κ3) is 3.82. The summed E-state index contributed by atoms with van der Waals surface area (Å²) in [6.45, 7) is 0.156. The SMILES string of the molecule is O=C(O)Cc1cc(NC(=O)OCC2c3ccccc3-c3ccccc32)ccc1F. The lowest BCUT2D eigenvalue weighted by Gasteiger charge is -2.15. The summed E-state index contributed by atoms with van der Waals surface area (Å²) in [5.41, 5.74) is 4.75. The Hall–Kier alpha value is -3.67. The predicted molar refractivity (Wildman–Crippen MR) is 106 cm³/mol. The Morgan fingerprint density at radius 1 is 0.966 bits per heavy atom. The number of hydrogen-bond acceptors (Lipinski definition) is 3. The third-order valence-corrected chi connectivity index (χ3v) is 4.98. The van der Waals surface area contributed by atoms with E-state index in [9.17, 15) is 14.0 Å². The van der Waals surface area contributed by atoms with Gasteiger partial charge in [-0.2, -0.15) is 0 Å². The fourth-order valence-electron chi connectivity index (χ4n) is 3.70. The van der Waals surface area contributed by atoms with Gasteiger partial charge in [0.05, 0.1) is 6.42 Å². The standard InChI is InChI=1S/C23H18FNO4/c24-21-10-9-15(11-14(21)12-22(26)27)25-23(28)29-13-20-18-7-3-1-5-16(18)17-6-2-4-8-19(17)20/h1-11,20H,12-13H2,(H,25,28)(H,26,27). The molecule has 3 aromatic carbocycles. The first-order valence-corrected chi connectivity index (χ1v) is 9.15. The Labute approximate surface area is 166 Å². The molecule has 2 N–H and O–H groups in total. The van der Waals surface area contributed by atoms with Gasteiger partial charge in [-0.25, -0.2) is 9.18 Å². The molecule has 4 rings (SSSR count). The summed E-state index contributed by atoms with van der Waals surface area (Å²) in [6, 6.07) is 19.8. The summed E-state index contributed by atoms with van der Waals surface area (Å²) >= 11 is 0. The van der Waals surface area contributed by atoms with Crippen molar-refractivity contribution in [3.8, 4) is 11.1 Å². The topological polar surface area (TPSA) is 75.6 Å². The number of hydrogen-bond donors (Lipinski definition) is 2. The molecule has 0 bridgehead atoms. The van der Waals surface area contributed by atoms with E-state index in [1.807, 2.05) is 36.4 Å². The molecule has 0 unspecified atom stereocenters. The zero-order valence-electron chi connectivity index (χ0n) is 15.4. The highest BCUT2D eigenvalue weighted by Gasteiger charge is 2.29. The highest BCUT2D eigenvalue weighted by atomic mass is 19.1. The Morgan fingerprint density at radius 2 is 1.59 bits per heavy atom. The number of rotatable bonds is 5. The summed E-state index contributed by atoms with van der Waals surface area (Å²) in [7, 11) is 0. The zero-order valence-corrected chi connectivity index (χ0v) is 15.4. The molecule has 0 saturated carbocycles. The first kappa shape index (κ1) is 18.7. The van der Waals surface area contributed by atoms with E-state index >= 15 is 0 Å². The summed E-state index contributed by atoms with van der Waals surface area (Å²) in [5, 5.41) is 11.4. The van der Waals surface area contributed by atoms with E-state index < -0.39 is 24.3 Å². The van der Waals surface area contributed by atoms with Crippen LogP contribution in [0.5, 0.6) is 0 Å². The van der Waals surface area contributed by atoms with Gasteiger partial charge in [-0.15, -0.1) is 0 Å². The van der Waals surface area contributed by atoms with E-state index in [4.69, 9.17) is 9.84 Å². The van der Waals surface area contributed by atoms with Crippen LogP contribution in [0.4, 0.5) is 14.9 Å². The van der Waals surface area contributed by atoms with E-state index in [2.05, 4.69) is 17.4 Å². The zero-order chi connectivity index (χ0) is 20.4. The number of fused-ring (bicyclic) bond motifs is 3. The van der Waals surface area contributed by atoms with Crippen LogP contribution in [-0.4, -0.2) is 23.8 Å². The number of aliphatic carboxylic acids is 1. The molecule has 0 saturated heterocycles. The quantitative estimate of drug-likeness (QED) is 0.654. The molecule has 0 spiro atoms. The van der Waals surface area contributed by atoms with Crippen molar-refractivity contribution >= 4 is 17.7 Å². The van der Waals surface area contributed by atoms with Crippen molar-refractivity contribution in [1.82, 2.24) is 0 Å². The van der Waals surface area contributed by atoms with Crippen LogP contribution in [0.1, 0.15) is 22.6 Å². The fourth-order valence-corrected chi connectivity index (χ4v) is 3.70. The maximum absolute atomic E-state index is 13.7. The third-order valence-electron chi connectivity index (χ3n) is 4.98. The molecule has 1 aliphatic carbocycles. The van der Waals surface area contributed by atoms with Crippen LogP contribution in [0, 0.1) is 5.82 Å². The number of carboxylic acids is 1. The highest BCUT2D eigenvalue weighted by Crippen LogP contribution is 2.44. The molecule has 1 aliphatic rings. The van der Waals surface area contributed by atoms with Crippen molar-refractivity contribution < 1.29 is 23.8 Å². The van der Waals surface area contributed by atoms with E-state index in [0.717, 1.165) is 28.3 Å². The van der Waals surface area contributed by atoms with E-state index in [1.165, 1.54) is 12.1 Å². The maximum Gasteiger partial charge on any atom is 0.411 e. The van der Waals surface area contributed by atoms with Crippen molar-refractivity contribution in [3.05, 3.63) is 89.2 Å². The molecular weight excluding hydrogens is 373 g/mol. The lowest BCUT2D eigenvalue weighted by atomic mass is 9.98. The summed E-state index contributed by atoms with van der Waals surface area (Å²) in [4.78, 5) is 23.1. The van der Waals surface area contributed by atoms with Crippen molar-refractivity contribution in [2.75, 3.05) is 11.9 Å². The second-order valence-corrected chi connectivity index (χ2v) is 6.83. The average molecular weight is 391 g/mol. The number of benzene rings is 3. The first-order chi connectivity index (χ1) is 14.0. The molecule has 0 heterocycles. The average Bonchev–Trinajstić information content (AvgIpc) is 3.02. The molecule has 5 nitrogen and oxygen atoms in total. The van der Waals surface area contributed by atoms with Crippen molar-refractivity contribution in [2.45, 2.75) is 12.3 Å². The van der Waals surface area contributed by atoms with Gasteiger partial charge in [0, 0.05) is 17.2 Å². The number of nitrogens with one attached hydrogen (secondary N) is 1. The molecule has 0 aliphatic heterocycles. The molecule has 146 valence electrons. The summed E-state index contributed by atoms with van der Waals surface area (Å²) in [6.07, 6.45) is -1.15. The summed E-state index contributed by atoms with van der Waals surface area (Å²) in [5.74, 6) is -1.85. The second kappa shape index (κ2) is 7.75. The van der Waals surface area contributed by atoms with Crippen molar-refractivity contribution in [2.24, 2.45) is 0 Å². The minimum atomic E-state index is -1.15. The van der Waals surface area contributed by atoms with Crippen molar-refractivity contribution in [1.29, 1.82) is 0 Å². The van der Waals surface area contributed by atoms with Gasteiger partial charge in [0.25, 0.3) is 0 Å². The molecular formula is C23H18FNO4. The Morgan fingerprint density at radius 3 is 2.21 bits per heavy atom. The summed E-state index contributed by atoms with van der Waals surface area (Å²) < 4.78 is 19.1. The molecule has 0 atom stereocenters. The maximum atomic E-state index is 13.7. The molecule has 6 heteroatoms. The van der Waals surface area contributed by atoms with Crippen LogP contribution in [0.2, 0.25) is 0 Å². The van der Waals surface area contributed by atoms with Crippen LogP contribution >= 0.6 is 0 Å². The number of ether oxygens (including phenoxy) is 1. The van der Waals surface area contributed by atoms with Gasteiger partial charge in [-0.1, -0.05) is 48.5 Å². The van der Waals surface area contributed by atoms with Crippen LogP contribution in [0.3, 0.4) is 0 Å². The number of carboxylic acid groups (broad SMARTS) is 1. The van der Waals surface area contributed by atoms with E-state index in [-0.39, 0.29) is 23.8 Å². The molecule has 0 radical (unpaired) electrons. The van der Waals surface area contributed by atoms with Crippen LogP contribution in [-0.2, 0) is 16.0 Å². The number of carbonyl (C=O) groups excluding carboxylic acids is 1. The smallest absolute Gasteiger partial charge is 0.411 e. The van der Waals surface area contributed by atoms with Gasteiger partial charge < -0.3 is 9.84 Å². The van der Waals surface area contributed by atoms with E-state index in [1.54, 1.807) is 0 Å². The molecule has 0 fully saturated rings. The Balaban J connectivity index is 1.46. The van der Waals surface area contributed by atoms with Gasteiger partial charge >= 0.3 is 12.1 Å². The number of anilines is 1. The first-order valence-electron chi connectivity index (χ1n) is 9.15. The van der Waals surface area contributed by atoms with E-state index in [0.29, 0.717) is 0 Å². The van der Waals surface area contributed by atoms with Gasteiger partial charge in [0.1, 0.15) is 12.4 Å². The number of halogens is 1. The van der Waals surface area contributed by atoms with Gasteiger partial charge in [-0.3, -0.25) is 10.1 Å². The number of carbonyl (C=O) groups is 2. The largest absolute Gasteiger partial charge is 0.481 e. The predicted octanol–water partition coefficient (Wildman–Crippen LogP) is 4.81. The van der Waals surface area contributed by atoms with Gasteiger partial charge in [-0.05, 0) is 40.5 Å². The van der Waals surface area contributed by atoms with Crippen LogP contribution < -0.4 is 5.32 Å². The number of amides is 1. The molecule has 29 heavy (non-hydrogen) atoms. The second-order valence-electron chi connectivity index (χ2n) is 6.83. The molecule has 3 aromatic rings. The Kier molecular flexibility index (Phi) is 4.99. The minimum Gasteiger partial charge on any atom is -0.481 e. The van der Waals surface area contributed by atoms with Gasteiger partial charge in [0.15, 0.2) is 0 Å².